The van der Waals surface area contributed by atoms with Crippen molar-refractivity contribution in [1.82, 2.24) is 0 Å². The average Bonchev–Trinajstić information content (AvgIpc) is 2.83. The molecule has 0 saturated heterocycles. The SMILES string of the molecule is COc1cccc(NC(=O)c2ccccc2NC(=O)C=Cc2ccc(OC(F)F)c(OC)c2)c1. The minimum absolute atomic E-state index is 0.0995. The van der Waals surface area contributed by atoms with Crippen LogP contribution in [0.25, 0.3) is 6.08 Å². The molecule has 34 heavy (non-hydrogen) atoms. The summed E-state index contributed by atoms with van der Waals surface area (Å²) in [5.41, 5.74) is 1.65. The number of hydrogen-bond donors (Lipinski definition) is 2. The van der Waals surface area contributed by atoms with Crippen molar-refractivity contribution in [2.24, 2.45) is 0 Å². The monoisotopic (exact) mass is 468 g/mol. The van der Waals surface area contributed by atoms with E-state index in [1.807, 2.05) is 0 Å². The first-order chi connectivity index (χ1) is 16.4. The van der Waals surface area contributed by atoms with Gasteiger partial charge in [-0.3, -0.25) is 9.59 Å². The highest BCUT2D eigenvalue weighted by molar-refractivity contribution is 6.11. The van der Waals surface area contributed by atoms with Gasteiger partial charge in [-0.1, -0.05) is 24.3 Å². The molecule has 0 heterocycles. The highest BCUT2D eigenvalue weighted by Crippen LogP contribution is 2.30. The van der Waals surface area contributed by atoms with E-state index < -0.39 is 18.4 Å². The summed E-state index contributed by atoms with van der Waals surface area (Å²) in [5.74, 6) is -0.326. The Balaban J connectivity index is 1.71. The van der Waals surface area contributed by atoms with Crippen molar-refractivity contribution < 1.29 is 32.6 Å². The summed E-state index contributed by atoms with van der Waals surface area (Å²) in [6.07, 6.45) is 2.72. The Labute approximate surface area is 195 Å². The second-order valence-electron chi connectivity index (χ2n) is 6.84. The van der Waals surface area contributed by atoms with Crippen molar-refractivity contribution in [3.63, 3.8) is 0 Å². The molecule has 2 amide bonds. The van der Waals surface area contributed by atoms with Crippen molar-refractivity contribution in [2.45, 2.75) is 6.61 Å². The van der Waals surface area contributed by atoms with Crippen LogP contribution in [0.3, 0.4) is 0 Å². The lowest BCUT2D eigenvalue weighted by molar-refractivity contribution is -0.111. The van der Waals surface area contributed by atoms with E-state index in [-0.39, 0.29) is 17.1 Å². The van der Waals surface area contributed by atoms with Gasteiger partial charge < -0.3 is 24.8 Å². The van der Waals surface area contributed by atoms with Crippen LogP contribution in [0.15, 0.2) is 72.8 Å². The molecule has 0 unspecified atom stereocenters. The summed E-state index contributed by atoms with van der Waals surface area (Å²) in [5, 5.41) is 5.44. The predicted molar refractivity (Wildman–Crippen MR) is 125 cm³/mol. The molecule has 0 aromatic heterocycles. The minimum Gasteiger partial charge on any atom is -0.497 e. The smallest absolute Gasteiger partial charge is 0.387 e. The fourth-order valence-electron chi connectivity index (χ4n) is 3.02. The van der Waals surface area contributed by atoms with Gasteiger partial charge in [0.15, 0.2) is 11.5 Å². The Morgan fingerprint density at radius 3 is 2.41 bits per heavy atom. The van der Waals surface area contributed by atoms with Crippen molar-refractivity contribution in [1.29, 1.82) is 0 Å². The quantitative estimate of drug-likeness (QED) is 0.421. The molecule has 0 atom stereocenters. The molecule has 0 radical (unpaired) electrons. The molecule has 0 aliphatic heterocycles. The Kier molecular flexibility index (Phi) is 8.17. The molecule has 0 saturated carbocycles. The number of alkyl halides is 2. The zero-order valence-electron chi connectivity index (χ0n) is 18.4. The number of amides is 2. The molecule has 0 aliphatic rings. The van der Waals surface area contributed by atoms with E-state index in [0.29, 0.717) is 22.7 Å². The van der Waals surface area contributed by atoms with Gasteiger partial charge in [0.1, 0.15) is 5.75 Å². The van der Waals surface area contributed by atoms with Gasteiger partial charge in [0.2, 0.25) is 5.91 Å². The number of carbonyl (C=O) groups is 2. The maximum Gasteiger partial charge on any atom is 0.387 e. The topological polar surface area (TPSA) is 85.9 Å². The van der Waals surface area contributed by atoms with Crippen molar-refractivity contribution >= 4 is 29.3 Å². The zero-order valence-corrected chi connectivity index (χ0v) is 18.4. The summed E-state index contributed by atoms with van der Waals surface area (Å²) in [7, 11) is 2.85. The molecule has 3 aromatic carbocycles. The highest BCUT2D eigenvalue weighted by atomic mass is 19.3. The summed E-state index contributed by atoms with van der Waals surface area (Å²) < 4.78 is 39.5. The standard InChI is InChI=1S/C25H22F2N2O5/c1-32-18-7-5-6-17(15-18)28-24(31)19-8-3-4-9-20(19)29-23(30)13-11-16-10-12-21(34-25(26)27)22(14-16)33-2/h3-15,25H,1-2H3,(H,28,31)(H,29,30). The number of benzene rings is 3. The van der Waals surface area contributed by atoms with Crippen LogP contribution < -0.4 is 24.8 Å². The summed E-state index contributed by atoms with van der Waals surface area (Å²) in [6.45, 7) is -2.98. The van der Waals surface area contributed by atoms with Gasteiger partial charge in [-0.15, -0.1) is 0 Å². The zero-order chi connectivity index (χ0) is 24.5. The number of para-hydroxylation sites is 1. The van der Waals surface area contributed by atoms with Gasteiger partial charge in [0, 0.05) is 17.8 Å². The normalized spacial score (nSPS) is 10.7. The maximum absolute atomic E-state index is 12.8. The first-order valence-electron chi connectivity index (χ1n) is 10.1. The molecule has 176 valence electrons. The second-order valence-corrected chi connectivity index (χ2v) is 6.84. The van der Waals surface area contributed by atoms with Gasteiger partial charge in [-0.05, 0) is 48.0 Å². The van der Waals surface area contributed by atoms with Gasteiger partial charge in [0.25, 0.3) is 5.91 Å². The Hall–Kier alpha value is -4.40. The minimum atomic E-state index is -2.98. The Bertz CT molecular complexity index is 1200. The van der Waals surface area contributed by atoms with E-state index >= 15 is 0 Å². The van der Waals surface area contributed by atoms with Crippen LogP contribution >= 0.6 is 0 Å². The Morgan fingerprint density at radius 2 is 1.68 bits per heavy atom. The molecule has 0 spiro atoms. The predicted octanol–water partition coefficient (Wildman–Crippen LogP) is 5.21. The molecular weight excluding hydrogens is 446 g/mol. The largest absolute Gasteiger partial charge is 0.497 e. The van der Waals surface area contributed by atoms with Crippen molar-refractivity contribution in [3.05, 3.63) is 83.9 Å². The molecule has 2 N–H and O–H groups in total. The molecular formula is C25H22F2N2O5. The van der Waals surface area contributed by atoms with Gasteiger partial charge >= 0.3 is 6.61 Å². The van der Waals surface area contributed by atoms with Crippen LogP contribution in [0.1, 0.15) is 15.9 Å². The molecule has 0 aliphatic carbocycles. The molecule has 7 nitrogen and oxygen atoms in total. The van der Waals surface area contributed by atoms with Crippen LogP contribution in [0.2, 0.25) is 0 Å². The number of halogens is 2. The number of anilines is 2. The fraction of sp³-hybridized carbons (Fsp3) is 0.120. The number of hydrogen-bond acceptors (Lipinski definition) is 5. The third-order valence-electron chi connectivity index (χ3n) is 4.59. The van der Waals surface area contributed by atoms with Crippen LogP contribution in [0.4, 0.5) is 20.2 Å². The number of rotatable bonds is 9. The highest BCUT2D eigenvalue weighted by Gasteiger charge is 2.13. The first-order valence-corrected chi connectivity index (χ1v) is 10.1. The summed E-state index contributed by atoms with van der Waals surface area (Å²) >= 11 is 0. The maximum atomic E-state index is 12.8. The third-order valence-corrected chi connectivity index (χ3v) is 4.59. The van der Waals surface area contributed by atoms with Gasteiger partial charge in [-0.25, -0.2) is 0 Å². The number of ether oxygens (including phenoxy) is 3. The number of nitrogens with one attached hydrogen (secondary N) is 2. The first kappa shape index (κ1) is 24.2. The Morgan fingerprint density at radius 1 is 0.882 bits per heavy atom. The average molecular weight is 468 g/mol. The fourth-order valence-corrected chi connectivity index (χ4v) is 3.02. The lowest BCUT2D eigenvalue weighted by Gasteiger charge is -2.11. The van der Waals surface area contributed by atoms with E-state index in [9.17, 15) is 18.4 Å². The van der Waals surface area contributed by atoms with Crippen LogP contribution in [-0.2, 0) is 4.79 Å². The second kappa shape index (κ2) is 11.5. The number of carbonyl (C=O) groups excluding carboxylic acids is 2. The van der Waals surface area contributed by atoms with Crippen molar-refractivity contribution in [3.8, 4) is 17.2 Å². The van der Waals surface area contributed by atoms with E-state index in [1.54, 1.807) is 48.5 Å². The molecule has 0 bridgehead atoms. The van der Waals surface area contributed by atoms with E-state index in [1.165, 1.54) is 44.6 Å². The lowest BCUT2D eigenvalue weighted by Crippen LogP contribution is -2.17. The van der Waals surface area contributed by atoms with Crippen LogP contribution in [0.5, 0.6) is 17.2 Å². The van der Waals surface area contributed by atoms with Crippen LogP contribution in [-0.4, -0.2) is 32.6 Å². The van der Waals surface area contributed by atoms with Gasteiger partial charge in [-0.2, -0.15) is 8.78 Å². The van der Waals surface area contributed by atoms with Gasteiger partial charge in [0.05, 0.1) is 25.5 Å². The molecule has 0 fully saturated rings. The van der Waals surface area contributed by atoms with E-state index in [2.05, 4.69) is 15.4 Å². The summed E-state index contributed by atoms with van der Waals surface area (Å²) in [4.78, 5) is 25.2. The van der Waals surface area contributed by atoms with Crippen molar-refractivity contribution in [2.75, 3.05) is 24.9 Å². The van der Waals surface area contributed by atoms with E-state index in [4.69, 9.17) is 9.47 Å². The summed E-state index contributed by atoms with van der Waals surface area (Å²) in [6, 6.07) is 17.7. The number of methoxy groups -OCH3 is 2. The molecule has 3 aromatic rings. The van der Waals surface area contributed by atoms with Crippen LogP contribution in [0, 0.1) is 0 Å². The molecule has 3 rings (SSSR count). The third kappa shape index (κ3) is 6.55. The van der Waals surface area contributed by atoms with E-state index in [0.717, 1.165) is 0 Å². The lowest BCUT2D eigenvalue weighted by atomic mass is 10.1. The molecule has 9 heteroatoms.